The molecule has 110 valence electrons. The zero-order valence-corrected chi connectivity index (χ0v) is 14.7. The van der Waals surface area contributed by atoms with Gasteiger partial charge in [-0.15, -0.1) is 11.8 Å². The van der Waals surface area contributed by atoms with Crippen LogP contribution in [0.5, 0.6) is 5.75 Å². The average molecular weight is 365 g/mol. The van der Waals surface area contributed by atoms with E-state index in [4.69, 9.17) is 4.74 Å². The van der Waals surface area contributed by atoms with Crippen molar-refractivity contribution >= 4 is 33.5 Å². The van der Waals surface area contributed by atoms with Crippen LogP contribution in [0.25, 0.3) is 0 Å². The molecule has 2 rings (SSSR count). The van der Waals surface area contributed by atoms with Crippen LogP contribution in [-0.2, 0) is 0 Å². The van der Waals surface area contributed by atoms with Gasteiger partial charge < -0.3 is 4.74 Å². The molecule has 2 aromatic carbocycles. The largest absolute Gasteiger partial charge is 0.496 e. The van der Waals surface area contributed by atoms with Crippen molar-refractivity contribution in [1.82, 2.24) is 0 Å². The number of methoxy groups -OCH3 is 1. The van der Waals surface area contributed by atoms with Gasteiger partial charge in [0.15, 0.2) is 5.78 Å². The Bertz CT molecular complexity index is 668. The van der Waals surface area contributed by atoms with E-state index < -0.39 is 0 Å². The molecule has 0 amide bonds. The number of hydrogen-bond acceptors (Lipinski definition) is 3. The highest BCUT2D eigenvalue weighted by molar-refractivity contribution is 9.10. The fraction of sp³-hybridized carbons (Fsp3) is 0.235. The van der Waals surface area contributed by atoms with Gasteiger partial charge in [0, 0.05) is 10.5 Å². The fourth-order valence-corrected chi connectivity index (χ4v) is 3.49. The van der Waals surface area contributed by atoms with E-state index in [0.717, 1.165) is 15.1 Å². The monoisotopic (exact) mass is 364 g/mol. The van der Waals surface area contributed by atoms with Crippen molar-refractivity contribution in [3.8, 4) is 5.75 Å². The lowest BCUT2D eigenvalue weighted by atomic mass is 10.1. The van der Waals surface area contributed by atoms with Gasteiger partial charge in [-0.1, -0.05) is 17.7 Å². The summed E-state index contributed by atoms with van der Waals surface area (Å²) in [6.07, 6.45) is 0. The second kappa shape index (κ2) is 7.14. The molecule has 21 heavy (non-hydrogen) atoms. The number of thioether (sulfide) groups is 1. The summed E-state index contributed by atoms with van der Waals surface area (Å²) in [7, 11) is 1.61. The molecule has 0 aromatic heterocycles. The lowest BCUT2D eigenvalue weighted by Gasteiger charge is -2.08. The Balaban J connectivity index is 2.08. The molecule has 0 fully saturated rings. The smallest absolute Gasteiger partial charge is 0.173 e. The first-order chi connectivity index (χ1) is 10.0. The first-order valence-corrected chi connectivity index (χ1v) is 8.36. The summed E-state index contributed by atoms with van der Waals surface area (Å²) in [6.45, 7) is 4.13. The van der Waals surface area contributed by atoms with Gasteiger partial charge >= 0.3 is 0 Å². The molecule has 2 aromatic rings. The molecule has 0 unspecified atom stereocenters. The highest BCUT2D eigenvalue weighted by atomic mass is 79.9. The maximum absolute atomic E-state index is 12.3. The Labute approximate surface area is 138 Å². The molecular weight excluding hydrogens is 348 g/mol. The number of carbonyl (C=O) groups excluding carboxylic acids is 1. The van der Waals surface area contributed by atoms with E-state index in [1.165, 1.54) is 11.1 Å². The summed E-state index contributed by atoms with van der Waals surface area (Å²) in [5.74, 6) is 1.28. The minimum Gasteiger partial charge on any atom is -0.496 e. The van der Waals surface area contributed by atoms with E-state index in [0.29, 0.717) is 11.3 Å². The van der Waals surface area contributed by atoms with Crippen molar-refractivity contribution in [2.24, 2.45) is 0 Å². The molecule has 0 bridgehead atoms. The zero-order valence-electron chi connectivity index (χ0n) is 12.3. The van der Waals surface area contributed by atoms with E-state index in [1.54, 1.807) is 31.0 Å². The molecule has 0 heterocycles. The second-order valence-electron chi connectivity index (χ2n) is 4.83. The number of carbonyl (C=O) groups is 1. The van der Waals surface area contributed by atoms with Crippen molar-refractivity contribution in [3.05, 3.63) is 57.6 Å². The lowest BCUT2D eigenvalue weighted by Crippen LogP contribution is -2.03. The number of ketones is 1. The van der Waals surface area contributed by atoms with Gasteiger partial charge in [-0.2, -0.15) is 0 Å². The lowest BCUT2D eigenvalue weighted by molar-refractivity contribution is 0.102. The third-order valence-electron chi connectivity index (χ3n) is 3.18. The number of halogens is 1. The van der Waals surface area contributed by atoms with Gasteiger partial charge in [-0.3, -0.25) is 4.79 Å². The molecule has 0 atom stereocenters. The number of benzene rings is 2. The summed E-state index contributed by atoms with van der Waals surface area (Å²) in [5, 5.41) is 0. The minimum atomic E-state index is 0.115. The maximum atomic E-state index is 12.3. The number of aryl methyl sites for hydroxylation is 2. The number of hydrogen-bond donors (Lipinski definition) is 0. The van der Waals surface area contributed by atoms with E-state index in [2.05, 4.69) is 48.0 Å². The van der Waals surface area contributed by atoms with Gasteiger partial charge in [0.1, 0.15) is 5.75 Å². The summed E-state index contributed by atoms with van der Waals surface area (Å²) < 4.78 is 5.97. The van der Waals surface area contributed by atoms with Crippen LogP contribution in [0.3, 0.4) is 0 Å². The number of Topliss-reactive ketones (excluding diaryl/α,β-unsaturated/α-hetero) is 1. The standard InChI is InChI=1S/C17H17BrO2S/c1-11-4-5-12(2)17(8-11)21-10-15(19)13-6-7-16(20-3)14(18)9-13/h4-9H,10H2,1-3H3. The zero-order chi connectivity index (χ0) is 15.4. The van der Waals surface area contributed by atoms with Crippen LogP contribution in [0.1, 0.15) is 21.5 Å². The highest BCUT2D eigenvalue weighted by Gasteiger charge is 2.10. The molecular formula is C17H17BrO2S. The molecule has 0 N–H and O–H groups in total. The predicted molar refractivity (Wildman–Crippen MR) is 91.7 cm³/mol. The van der Waals surface area contributed by atoms with E-state index >= 15 is 0 Å². The van der Waals surface area contributed by atoms with E-state index in [-0.39, 0.29) is 5.78 Å². The molecule has 2 nitrogen and oxygen atoms in total. The summed E-state index contributed by atoms with van der Waals surface area (Å²) in [5.41, 5.74) is 3.11. The summed E-state index contributed by atoms with van der Waals surface area (Å²) >= 11 is 4.99. The molecule has 4 heteroatoms. The van der Waals surface area contributed by atoms with Crippen molar-refractivity contribution < 1.29 is 9.53 Å². The van der Waals surface area contributed by atoms with Gasteiger partial charge in [0.25, 0.3) is 0 Å². The third-order valence-corrected chi connectivity index (χ3v) is 4.95. The molecule has 0 spiro atoms. The highest BCUT2D eigenvalue weighted by Crippen LogP contribution is 2.28. The Morgan fingerprint density at radius 2 is 1.95 bits per heavy atom. The Kier molecular flexibility index (Phi) is 5.48. The molecule has 0 aliphatic heterocycles. The number of ether oxygens (including phenoxy) is 1. The molecule has 0 aliphatic rings. The van der Waals surface area contributed by atoms with Crippen molar-refractivity contribution in [3.63, 3.8) is 0 Å². The van der Waals surface area contributed by atoms with E-state index in [1.807, 2.05) is 6.07 Å². The third kappa shape index (κ3) is 4.11. The van der Waals surface area contributed by atoms with Crippen molar-refractivity contribution in [2.75, 3.05) is 12.9 Å². The Morgan fingerprint density at radius 1 is 1.19 bits per heavy atom. The van der Waals surface area contributed by atoms with Crippen LogP contribution >= 0.6 is 27.7 Å². The van der Waals surface area contributed by atoms with Crippen molar-refractivity contribution in [2.45, 2.75) is 18.7 Å². The van der Waals surface area contributed by atoms with Gasteiger partial charge in [-0.05, 0) is 59.6 Å². The maximum Gasteiger partial charge on any atom is 0.173 e. The number of rotatable bonds is 5. The predicted octanol–water partition coefficient (Wildman–Crippen LogP) is 5.05. The Hall–Kier alpha value is -1.26. The minimum absolute atomic E-state index is 0.115. The average Bonchev–Trinajstić information content (AvgIpc) is 2.47. The topological polar surface area (TPSA) is 26.3 Å². The van der Waals surface area contributed by atoms with Crippen molar-refractivity contribution in [1.29, 1.82) is 0 Å². The summed E-state index contributed by atoms with van der Waals surface area (Å²) in [6, 6.07) is 11.7. The van der Waals surface area contributed by atoms with Gasteiger partial charge in [0.2, 0.25) is 0 Å². The quantitative estimate of drug-likeness (QED) is 0.548. The fourth-order valence-electron chi connectivity index (χ4n) is 1.93. The molecule has 0 radical (unpaired) electrons. The van der Waals surface area contributed by atoms with Crippen LogP contribution < -0.4 is 4.74 Å². The van der Waals surface area contributed by atoms with Crippen LogP contribution in [0.15, 0.2) is 45.8 Å². The molecule has 0 aliphatic carbocycles. The SMILES string of the molecule is COc1ccc(C(=O)CSc2cc(C)ccc2C)cc1Br. The van der Waals surface area contributed by atoms with Crippen LogP contribution in [0, 0.1) is 13.8 Å². The first kappa shape index (κ1) is 16.1. The Morgan fingerprint density at radius 3 is 2.62 bits per heavy atom. The van der Waals surface area contributed by atoms with Crippen LogP contribution in [-0.4, -0.2) is 18.6 Å². The molecule has 0 saturated heterocycles. The molecule has 0 saturated carbocycles. The van der Waals surface area contributed by atoms with Gasteiger partial charge in [0.05, 0.1) is 17.3 Å². The second-order valence-corrected chi connectivity index (χ2v) is 6.70. The first-order valence-electron chi connectivity index (χ1n) is 6.58. The summed E-state index contributed by atoms with van der Waals surface area (Å²) in [4.78, 5) is 13.4. The van der Waals surface area contributed by atoms with Crippen LogP contribution in [0.4, 0.5) is 0 Å². The van der Waals surface area contributed by atoms with Crippen LogP contribution in [0.2, 0.25) is 0 Å². The normalized spacial score (nSPS) is 10.5. The van der Waals surface area contributed by atoms with Gasteiger partial charge in [-0.25, -0.2) is 0 Å². The van der Waals surface area contributed by atoms with E-state index in [9.17, 15) is 4.79 Å².